The quantitative estimate of drug-likeness (QED) is 0.654. The molecular formula is C17H21N3O2. The molecule has 22 heavy (non-hydrogen) atoms. The molecule has 0 radical (unpaired) electrons. The van der Waals surface area contributed by atoms with E-state index >= 15 is 0 Å². The SMILES string of the molecule is CC(CCNCc1ccccc1)Nc1ncccc1C(=O)O. The van der Waals surface area contributed by atoms with Gasteiger partial charge in [-0.05, 0) is 37.6 Å². The van der Waals surface area contributed by atoms with Crippen LogP contribution in [0.25, 0.3) is 0 Å². The van der Waals surface area contributed by atoms with E-state index in [1.807, 2.05) is 25.1 Å². The Balaban J connectivity index is 1.76. The lowest BCUT2D eigenvalue weighted by molar-refractivity contribution is 0.0697. The third kappa shape index (κ3) is 4.86. The van der Waals surface area contributed by atoms with Gasteiger partial charge in [-0.15, -0.1) is 0 Å². The summed E-state index contributed by atoms with van der Waals surface area (Å²) in [5, 5.41) is 15.7. The number of aromatic carboxylic acids is 1. The Hall–Kier alpha value is -2.40. The molecule has 0 aliphatic rings. The van der Waals surface area contributed by atoms with E-state index in [4.69, 9.17) is 5.11 Å². The summed E-state index contributed by atoms with van der Waals surface area (Å²) in [5.74, 6) is -0.546. The number of anilines is 1. The van der Waals surface area contributed by atoms with Crippen LogP contribution in [0.3, 0.4) is 0 Å². The second kappa shape index (κ2) is 8.14. The Bertz CT molecular complexity index is 602. The van der Waals surface area contributed by atoms with Crippen molar-refractivity contribution in [2.75, 3.05) is 11.9 Å². The molecule has 0 fully saturated rings. The minimum absolute atomic E-state index is 0.135. The second-order valence-corrected chi connectivity index (χ2v) is 5.20. The van der Waals surface area contributed by atoms with E-state index < -0.39 is 5.97 Å². The van der Waals surface area contributed by atoms with Crippen molar-refractivity contribution in [3.05, 3.63) is 59.8 Å². The molecule has 0 aliphatic heterocycles. The maximum Gasteiger partial charge on any atom is 0.339 e. The van der Waals surface area contributed by atoms with Crippen LogP contribution in [0.5, 0.6) is 0 Å². The van der Waals surface area contributed by atoms with Gasteiger partial charge in [-0.25, -0.2) is 9.78 Å². The minimum atomic E-state index is -0.968. The summed E-state index contributed by atoms with van der Waals surface area (Å²) in [6.45, 7) is 3.69. The first kappa shape index (κ1) is 16.0. The first-order chi connectivity index (χ1) is 10.7. The molecule has 5 heteroatoms. The lowest BCUT2D eigenvalue weighted by atomic mass is 10.2. The summed E-state index contributed by atoms with van der Waals surface area (Å²) >= 11 is 0. The molecule has 116 valence electrons. The van der Waals surface area contributed by atoms with E-state index in [0.29, 0.717) is 5.82 Å². The van der Waals surface area contributed by atoms with Crippen molar-refractivity contribution < 1.29 is 9.90 Å². The summed E-state index contributed by atoms with van der Waals surface area (Å²) < 4.78 is 0. The van der Waals surface area contributed by atoms with Gasteiger partial charge in [0.2, 0.25) is 0 Å². The van der Waals surface area contributed by atoms with E-state index in [2.05, 4.69) is 27.8 Å². The van der Waals surface area contributed by atoms with Crippen molar-refractivity contribution in [1.82, 2.24) is 10.3 Å². The monoisotopic (exact) mass is 299 g/mol. The van der Waals surface area contributed by atoms with Crippen molar-refractivity contribution in [3.8, 4) is 0 Å². The molecule has 5 nitrogen and oxygen atoms in total. The molecule has 0 saturated heterocycles. The maximum absolute atomic E-state index is 11.1. The van der Waals surface area contributed by atoms with Crippen LogP contribution in [0.15, 0.2) is 48.7 Å². The van der Waals surface area contributed by atoms with Crippen LogP contribution in [0.1, 0.15) is 29.3 Å². The van der Waals surface area contributed by atoms with Crippen molar-refractivity contribution in [2.24, 2.45) is 0 Å². The van der Waals surface area contributed by atoms with Crippen LogP contribution in [-0.4, -0.2) is 28.6 Å². The van der Waals surface area contributed by atoms with Gasteiger partial charge in [0.25, 0.3) is 0 Å². The van der Waals surface area contributed by atoms with Crippen molar-refractivity contribution in [1.29, 1.82) is 0 Å². The molecule has 0 amide bonds. The van der Waals surface area contributed by atoms with Gasteiger partial charge >= 0.3 is 5.97 Å². The van der Waals surface area contributed by atoms with Crippen LogP contribution >= 0.6 is 0 Å². The molecule has 2 rings (SSSR count). The van der Waals surface area contributed by atoms with E-state index in [0.717, 1.165) is 19.5 Å². The van der Waals surface area contributed by atoms with Gasteiger partial charge in [-0.2, -0.15) is 0 Å². The van der Waals surface area contributed by atoms with E-state index in [1.54, 1.807) is 18.3 Å². The molecule has 1 aromatic carbocycles. The zero-order valence-corrected chi connectivity index (χ0v) is 12.6. The lowest BCUT2D eigenvalue weighted by Gasteiger charge is -2.16. The number of carboxylic acids is 1. The molecule has 2 aromatic rings. The number of aromatic nitrogens is 1. The Labute approximate surface area is 130 Å². The average molecular weight is 299 g/mol. The first-order valence-electron chi connectivity index (χ1n) is 7.36. The third-order valence-electron chi connectivity index (χ3n) is 3.35. The van der Waals surface area contributed by atoms with Gasteiger partial charge in [-0.1, -0.05) is 30.3 Å². The zero-order valence-electron chi connectivity index (χ0n) is 12.6. The van der Waals surface area contributed by atoms with Crippen LogP contribution < -0.4 is 10.6 Å². The van der Waals surface area contributed by atoms with Crippen LogP contribution in [0, 0.1) is 0 Å². The highest BCUT2D eigenvalue weighted by atomic mass is 16.4. The molecule has 0 saturated carbocycles. The number of nitrogens with one attached hydrogen (secondary N) is 2. The van der Waals surface area contributed by atoms with Gasteiger partial charge in [-0.3, -0.25) is 0 Å². The molecule has 0 spiro atoms. The van der Waals surface area contributed by atoms with Crippen LogP contribution in [0.2, 0.25) is 0 Å². The van der Waals surface area contributed by atoms with E-state index in [9.17, 15) is 4.79 Å². The summed E-state index contributed by atoms with van der Waals surface area (Å²) in [7, 11) is 0. The van der Waals surface area contributed by atoms with Crippen molar-refractivity contribution in [3.63, 3.8) is 0 Å². The van der Waals surface area contributed by atoms with Gasteiger partial charge in [0.1, 0.15) is 11.4 Å². The number of hydrogen-bond acceptors (Lipinski definition) is 4. The number of rotatable bonds is 8. The fourth-order valence-electron chi connectivity index (χ4n) is 2.15. The van der Waals surface area contributed by atoms with Crippen LogP contribution in [-0.2, 0) is 6.54 Å². The molecular weight excluding hydrogens is 278 g/mol. The standard InChI is InChI=1S/C17H21N3O2/c1-13(9-11-18-12-14-6-3-2-4-7-14)20-16-15(17(21)22)8-5-10-19-16/h2-8,10,13,18H,9,11-12H2,1H3,(H,19,20)(H,21,22). The normalized spacial score (nSPS) is 11.9. The predicted octanol–water partition coefficient (Wildman–Crippen LogP) is 2.76. The lowest BCUT2D eigenvalue weighted by Crippen LogP contribution is -2.24. The Morgan fingerprint density at radius 1 is 1.23 bits per heavy atom. The van der Waals surface area contributed by atoms with Crippen LogP contribution in [0.4, 0.5) is 5.82 Å². The van der Waals surface area contributed by atoms with Gasteiger partial charge in [0.15, 0.2) is 0 Å². The molecule has 1 unspecified atom stereocenters. The predicted molar refractivity (Wildman–Crippen MR) is 87.0 cm³/mol. The zero-order chi connectivity index (χ0) is 15.8. The summed E-state index contributed by atoms with van der Waals surface area (Å²) in [6.07, 6.45) is 2.47. The van der Waals surface area contributed by atoms with Crippen molar-refractivity contribution >= 4 is 11.8 Å². The topological polar surface area (TPSA) is 74.2 Å². The molecule has 1 heterocycles. The smallest absolute Gasteiger partial charge is 0.339 e. The van der Waals surface area contributed by atoms with E-state index in [1.165, 1.54) is 5.56 Å². The molecule has 0 bridgehead atoms. The van der Waals surface area contributed by atoms with Gasteiger partial charge < -0.3 is 15.7 Å². The Morgan fingerprint density at radius 3 is 2.73 bits per heavy atom. The highest BCUT2D eigenvalue weighted by Gasteiger charge is 2.12. The number of carboxylic acid groups (broad SMARTS) is 1. The Kier molecular flexibility index (Phi) is 5.91. The van der Waals surface area contributed by atoms with Gasteiger partial charge in [0, 0.05) is 18.8 Å². The number of hydrogen-bond donors (Lipinski definition) is 3. The van der Waals surface area contributed by atoms with E-state index in [-0.39, 0.29) is 11.6 Å². The maximum atomic E-state index is 11.1. The highest BCUT2D eigenvalue weighted by Crippen LogP contribution is 2.13. The number of pyridine rings is 1. The Morgan fingerprint density at radius 2 is 2.00 bits per heavy atom. The number of benzene rings is 1. The van der Waals surface area contributed by atoms with Crippen molar-refractivity contribution in [2.45, 2.75) is 25.9 Å². The third-order valence-corrected chi connectivity index (χ3v) is 3.35. The molecule has 1 atom stereocenters. The fourth-order valence-corrected chi connectivity index (χ4v) is 2.15. The summed E-state index contributed by atoms with van der Waals surface area (Å²) in [5.41, 5.74) is 1.45. The number of carbonyl (C=O) groups is 1. The summed E-state index contributed by atoms with van der Waals surface area (Å²) in [6, 6.07) is 13.5. The highest BCUT2D eigenvalue weighted by molar-refractivity contribution is 5.93. The fraction of sp³-hybridized carbons (Fsp3) is 0.294. The average Bonchev–Trinajstić information content (AvgIpc) is 2.53. The largest absolute Gasteiger partial charge is 0.478 e. The first-order valence-corrected chi connectivity index (χ1v) is 7.36. The number of nitrogens with zero attached hydrogens (tertiary/aromatic N) is 1. The molecule has 1 aromatic heterocycles. The second-order valence-electron chi connectivity index (χ2n) is 5.20. The van der Waals surface area contributed by atoms with Gasteiger partial charge in [0.05, 0.1) is 0 Å². The molecule has 3 N–H and O–H groups in total. The molecule has 0 aliphatic carbocycles. The summed E-state index contributed by atoms with van der Waals surface area (Å²) in [4.78, 5) is 15.2. The minimum Gasteiger partial charge on any atom is -0.478 e.